The highest BCUT2D eigenvalue weighted by atomic mass is 35.5. The van der Waals surface area contributed by atoms with Crippen LogP contribution in [0.2, 0.25) is 10.0 Å². The average Bonchev–Trinajstić information content (AvgIpc) is 2.82. The first-order valence-electron chi connectivity index (χ1n) is 5.95. The minimum Gasteiger partial charge on any atom is -0.389 e. The highest BCUT2D eigenvalue weighted by molar-refractivity contribution is 7.80. The fourth-order valence-corrected chi connectivity index (χ4v) is 3.39. The molecule has 21 heavy (non-hydrogen) atoms. The molecule has 0 saturated heterocycles. The van der Waals surface area contributed by atoms with Crippen molar-refractivity contribution in [2.75, 3.05) is 5.32 Å². The van der Waals surface area contributed by atoms with E-state index in [0.717, 1.165) is 21.0 Å². The lowest BCUT2D eigenvalue weighted by atomic mass is 10.2. The van der Waals surface area contributed by atoms with Crippen LogP contribution in [-0.4, -0.2) is 9.97 Å². The Bertz CT molecular complexity index is 845. The summed E-state index contributed by atoms with van der Waals surface area (Å²) in [6.45, 7) is 0. The summed E-state index contributed by atoms with van der Waals surface area (Å²) in [5, 5.41) is 5.24. The monoisotopic (exact) mass is 353 g/mol. The van der Waals surface area contributed by atoms with Crippen LogP contribution in [0.4, 0.5) is 10.8 Å². The van der Waals surface area contributed by atoms with Crippen LogP contribution in [0.1, 0.15) is 5.56 Å². The first kappa shape index (κ1) is 14.5. The van der Waals surface area contributed by atoms with E-state index in [4.69, 9.17) is 41.2 Å². The van der Waals surface area contributed by atoms with Crippen LogP contribution in [0, 0.1) is 0 Å². The van der Waals surface area contributed by atoms with Crippen LogP contribution < -0.4 is 11.1 Å². The Morgan fingerprint density at radius 2 is 1.86 bits per heavy atom. The van der Waals surface area contributed by atoms with Crippen LogP contribution in [0.25, 0.3) is 10.2 Å². The number of hydrogen-bond donors (Lipinski definition) is 2. The molecule has 7 heteroatoms. The molecule has 106 valence electrons. The maximum atomic E-state index is 5.98. The Morgan fingerprint density at radius 1 is 1.14 bits per heavy atom. The molecule has 2 aromatic carbocycles. The number of benzene rings is 2. The Morgan fingerprint density at radius 3 is 2.62 bits per heavy atom. The standard InChI is InChI=1S/C14H9Cl2N3S2/c15-7-1-3-10(9(5-7)13(17)20)18-14-19-11-4-2-8(16)6-12(11)21-14/h1-6H,(H2,17,20)(H,18,19). The molecule has 3 aromatic rings. The molecule has 0 fully saturated rings. The Balaban J connectivity index is 2.00. The van der Waals surface area contributed by atoms with E-state index >= 15 is 0 Å². The van der Waals surface area contributed by atoms with E-state index in [0.29, 0.717) is 15.6 Å². The zero-order chi connectivity index (χ0) is 15.0. The average molecular weight is 354 g/mol. The van der Waals surface area contributed by atoms with Gasteiger partial charge < -0.3 is 11.1 Å². The SMILES string of the molecule is NC(=S)c1cc(Cl)ccc1Nc1nc2ccc(Cl)cc2s1. The third-order valence-corrected chi connectivity index (χ3v) is 4.46. The Kier molecular flexibility index (Phi) is 3.99. The van der Waals surface area contributed by atoms with E-state index in [1.165, 1.54) is 11.3 Å². The third kappa shape index (κ3) is 3.11. The quantitative estimate of drug-likeness (QED) is 0.651. The summed E-state index contributed by atoms with van der Waals surface area (Å²) < 4.78 is 1.01. The molecule has 0 aliphatic carbocycles. The van der Waals surface area contributed by atoms with Crippen molar-refractivity contribution in [2.24, 2.45) is 5.73 Å². The van der Waals surface area contributed by atoms with Crippen LogP contribution in [-0.2, 0) is 0 Å². The molecule has 0 spiro atoms. The van der Waals surface area contributed by atoms with Crippen LogP contribution in [0.5, 0.6) is 0 Å². The number of nitrogens with zero attached hydrogens (tertiary/aromatic N) is 1. The largest absolute Gasteiger partial charge is 0.389 e. The van der Waals surface area contributed by atoms with Crippen LogP contribution in [0.3, 0.4) is 0 Å². The zero-order valence-electron chi connectivity index (χ0n) is 10.6. The molecule has 3 N–H and O–H groups in total. The van der Waals surface area contributed by atoms with E-state index in [-0.39, 0.29) is 4.99 Å². The van der Waals surface area contributed by atoms with Crippen molar-refractivity contribution in [3.8, 4) is 0 Å². The number of hydrogen-bond acceptors (Lipinski definition) is 4. The Labute approximate surface area is 140 Å². The van der Waals surface area contributed by atoms with Crippen molar-refractivity contribution in [1.82, 2.24) is 4.98 Å². The van der Waals surface area contributed by atoms with Crippen molar-refractivity contribution >= 4 is 72.8 Å². The first-order chi connectivity index (χ1) is 10.0. The van der Waals surface area contributed by atoms with E-state index in [1.807, 2.05) is 24.3 Å². The minimum atomic E-state index is 0.282. The topological polar surface area (TPSA) is 50.9 Å². The molecule has 1 heterocycles. The van der Waals surface area contributed by atoms with Gasteiger partial charge in [0.2, 0.25) is 0 Å². The van der Waals surface area contributed by atoms with Gasteiger partial charge in [-0.3, -0.25) is 0 Å². The summed E-state index contributed by atoms with van der Waals surface area (Å²) >= 11 is 18.5. The van der Waals surface area contributed by atoms with Crippen molar-refractivity contribution in [2.45, 2.75) is 0 Å². The minimum absolute atomic E-state index is 0.282. The van der Waals surface area contributed by atoms with E-state index in [1.54, 1.807) is 12.1 Å². The van der Waals surface area contributed by atoms with Gasteiger partial charge in [-0.25, -0.2) is 4.98 Å². The van der Waals surface area contributed by atoms with Crippen molar-refractivity contribution in [3.05, 3.63) is 52.0 Å². The van der Waals surface area contributed by atoms with Gasteiger partial charge in [-0.2, -0.15) is 0 Å². The number of thiocarbonyl (C=S) groups is 1. The lowest BCUT2D eigenvalue weighted by Gasteiger charge is -2.09. The second-order valence-electron chi connectivity index (χ2n) is 4.31. The molecule has 1 aromatic heterocycles. The maximum absolute atomic E-state index is 5.98. The van der Waals surface area contributed by atoms with Crippen molar-refractivity contribution in [1.29, 1.82) is 0 Å². The molecule has 0 radical (unpaired) electrons. The number of fused-ring (bicyclic) bond motifs is 1. The number of rotatable bonds is 3. The summed E-state index contributed by atoms with van der Waals surface area (Å²) in [6.07, 6.45) is 0. The lowest BCUT2D eigenvalue weighted by Crippen LogP contribution is -2.11. The fourth-order valence-electron chi connectivity index (χ4n) is 1.90. The number of anilines is 2. The van der Waals surface area contributed by atoms with Gasteiger partial charge in [0.15, 0.2) is 5.13 Å². The highest BCUT2D eigenvalue weighted by Crippen LogP contribution is 2.31. The number of nitrogens with two attached hydrogens (primary N) is 1. The number of aromatic nitrogens is 1. The lowest BCUT2D eigenvalue weighted by molar-refractivity contribution is 1.44. The summed E-state index contributed by atoms with van der Waals surface area (Å²) in [5.74, 6) is 0. The molecule has 3 nitrogen and oxygen atoms in total. The molecule has 0 aliphatic rings. The Hall–Kier alpha value is -1.40. The molecule has 0 unspecified atom stereocenters. The molecule has 0 saturated carbocycles. The summed E-state index contributed by atoms with van der Waals surface area (Å²) in [6, 6.07) is 10.9. The third-order valence-electron chi connectivity index (χ3n) is 2.84. The summed E-state index contributed by atoms with van der Waals surface area (Å²) in [7, 11) is 0. The zero-order valence-corrected chi connectivity index (χ0v) is 13.7. The van der Waals surface area contributed by atoms with Crippen LogP contribution >= 0.6 is 46.8 Å². The second-order valence-corrected chi connectivity index (χ2v) is 6.65. The smallest absolute Gasteiger partial charge is 0.188 e. The molecular formula is C14H9Cl2N3S2. The van der Waals surface area contributed by atoms with Crippen molar-refractivity contribution < 1.29 is 0 Å². The van der Waals surface area contributed by atoms with Gasteiger partial charge in [0, 0.05) is 15.6 Å². The molecule has 0 aliphatic heterocycles. The predicted molar refractivity (Wildman–Crippen MR) is 95.3 cm³/mol. The van der Waals surface area contributed by atoms with Gasteiger partial charge in [-0.05, 0) is 36.4 Å². The molecule has 0 amide bonds. The normalized spacial score (nSPS) is 10.8. The van der Waals surface area contributed by atoms with Gasteiger partial charge in [0.05, 0.1) is 15.9 Å². The number of thiazole rings is 1. The molecule has 3 rings (SSSR count). The first-order valence-corrected chi connectivity index (χ1v) is 7.93. The molecule has 0 bridgehead atoms. The number of halogens is 2. The predicted octanol–water partition coefficient (Wildman–Crippen LogP) is 4.98. The molecular weight excluding hydrogens is 345 g/mol. The van der Waals surface area contributed by atoms with E-state index in [9.17, 15) is 0 Å². The maximum Gasteiger partial charge on any atom is 0.188 e. The van der Waals surface area contributed by atoms with Gasteiger partial charge >= 0.3 is 0 Å². The van der Waals surface area contributed by atoms with Crippen molar-refractivity contribution in [3.63, 3.8) is 0 Å². The van der Waals surface area contributed by atoms with Gasteiger partial charge in [0.25, 0.3) is 0 Å². The second kappa shape index (κ2) is 5.77. The van der Waals surface area contributed by atoms with E-state index < -0.39 is 0 Å². The van der Waals surface area contributed by atoms with Gasteiger partial charge in [-0.1, -0.05) is 46.8 Å². The van der Waals surface area contributed by atoms with E-state index in [2.05, 4.69) is 10.3 Å². The molecule has 0 atom stereocenters. The summed E-state index contributed by atoms with van der Waals surface area (Å²) in [4.78, 5) is 4.79. The summed E-state index contributed by atoms with van der Waals surface area (Å²) in [5.41, 5.74) is 8.08. The van der Waals surface area contributed by atoms with Gasteiger partial charge in [-0.15, -0.1) is 0 Å². The number of nitrogens with one attached hydrogen (secondary N) is 1. The van der Waals surface area contributed by atoms with Crippen LogP contribution in [0.15, 0.2) is 36.4 Å². The van der Waals surface area contributed by atoms with Gasteiger partial charge in [0.1, 0.15) is 4.99 Å². The fraction of sp³-hybridized carbons (Fsp3) is 0. The highest BCUT2D eigenvalue weighted by Gasteiger charge is 2.10.